The van der Waals surface area contributed by atoms with Gasteiger partial charge in [-0.25, -0.2) is 4.39 Å². The van der Waals surface area contributed by atoms with Crippen molar-refractivity contribution in [1.82, 2.24) is 0 Å². The molecule has 0 aromatic heterocycles. The molecule has 0 aliphatic rings. The number of anilines is 2. The Hall–Kier alpha value is -2.36. The minimum absolute atomic E-state index is 0.0220. The lowest BCUT2D eigenvalue weighted by Gasteiger charge is -2.09. The van der Waals surface area contributed by atoms with E-state index in [1.54, 1.807) is 30.3 Å². The Labute approximate surface area is 104 Å². The zero-order valence-corrected chi connectivity index (χ0v) is 9.91. The minimum atomic E-state index is -0.539. The molecular formula is C14H13FN2O. The first kappa shape index (κ1) is 12.1. The van der Waals surface area contributed by atoms with Gasteiger partial charge in [-0.3, -0.25) is 4.79 Å². The third-order valence-electron chi connectivity index (χ3n) is 2.62. The summed E-state index contributed by atoms with van der Waals surface area (Å²) in [6, 6.07) is 11.0. The van der Waals surface area contributed by atoms with Crippen LogP contribution in [0.1, 0.15) is 15.9 Å². The van der Waals surface area contributed by atoms with Crippen LogP contribution in [0.15, 0.2) is 42.5 Å². The summed E-state index contributed by atoms with van der Waals surface area (Å²) in [7, 11) is 0. The quantitative estimate of drug-likeness (QED) is 0.798. The lowest BCUT2D eigenvalue weighted by molar-refractivity contribution is 0.102. The fourth-order valence-electron chi connectivity index (χ4n) is 1.66. The predicted molar refractivity (Wildman–Crippen MR) is 69.9 cm³/mol. The zero-order chi connectivity index (χ0) is 13.1. The highest BCUT2D eigenvalue weighted by Crippen LogP contribution is 2.19. The topological polar surface area (TPSA) is 55.1 Å². The molecule has 18 heavy (non-hydrogen) atoms. The molecule has 1 amide bonds. The highest BCUT2D eigenvalue weighted by atomic mass is 19.1. The number of nitrogen functional groups attached to an aromatic ring is 1. The van der Waals surface area contributed by atoms with Crippen molar-refractivity contribution < 1.29 is 9.18 Å². The summed E-state index contributed by atoms with van der Waals surface area (Å²) in [5, 5.41) is 2.66. The van der Waals surface area contributed by atoms with Gasteiger partial charge in [0.25, 0.3) is 5.91 Å². The number of aryl methyl sites for hydroxylation is 1. The number of nitrogens with two attached hydrogens (primary N) is 1. The van der Waals surface area contributed by atoms with Crippen molar-refractivity contribution in [2.24, 2.45) is 0 Å². The van der Waals surface area contributed by atoms with Crippen LogP contribution in [0.4, 0.5) is 15.8 Å². The number of hydrogen-bond donors (Lipinski definition) is 2. The lowest BCUT2D eigenvalue weighted by atomic mass is 10.1. The van der Waals surface area contributed by atoms with Crippen LogP contribution < -0.4 is 11.1 Å². The van der Waals surface area contributed by atoms with Gasteiger partial charge in [-0.2, -0.15) is 0 Å². The molecule has 0 radical (unpaired) electrons. The third-order valence-corrected chi connectivity index (χ3v) is 2.62. The molecular weight excluding hydrogens is 231 g/mol. The minimum Gasteiger partial charge on any atom is -0.399 e. The molecule has 4 heteroatoms. The van der Waals surface area contributed by atoms with Crippen LogP contribution in [0, 0.1) is 12.7 Å². The molecule has 0 aliphatic heterocycles. The highest BCUT2D eigenvalue weighted by Gasteiger charge is 2.11. The van der Waals surface area contributed by atoms with E-state index in [1.807, 2.05) is 6.92 Å². The standard InChI is InChI=1S/C14H13FN2O/c1-9-8-10(16)6-7-13(9)17-14(18)11-4-2-3-5-12(11)15/h2-8H,16H2,1H3,(H,17,18). The largest absolute Gasteiger partial charge is 0.399 e. The fourth-order valence-corrected chi connectivity index (χ4v) is 1.66. The average Bonchev–Trinajstić information content (AvgIpc) is 2.33. The van der Waals surface area contributed by atoms with Crippen LogP contribution in [-0.4, -0.2) is 5.91 Å². The van der Waals surface area contributed by atoms with E-state index in [0.717, 1.165) is 5.56 Å². The molecule has 2 rings (SSSR count). The first-order valence-corrected chi connectivity index (χ1v) is 5.50. The lowest BCUT2D eigenvalue weighted by Crippen LogP contribution is -2.14. The normalized spacial score (nSPS) is 10.1. The number of rotatable bonds is 2. The second-order valence-electron chi connectivity index (χ2n) is 4.01. The molecule has 0 saturated carbocycles. The molecule has 92 valence electrons. The molecule has 0 fully saturated rings. The van der Waals surface area contributed by atoms with Crippen LogP contribution in [-0.2, 0) is 0 Å². The monoisotopic (exact) mass is 244 g/mol. The first-order chi connectivity index (χ1) is 8.58. The SMILES string of the molecule is Cc1cc(N)ccc1NC(=O)c1ccccc1F. The second-order valence-corrected chi connectivity index (χ2v) is 4.01. The summed E-state index contributed by atoms with van der Waals surface area (Å²) in [4.78, 5) is 11.9. The summed E-state index contributed by atoms with van der Waals surface area (Å²) in [5.41, 5.74) is 7.72. The van der Waals surface area contributed by atoms with Gasteiger partial charge in [0.2, 0.25) is 0 Å². The number of halogens is 1. The molecule has 3 nitrogen and oxygen atoms in total. The molecule has 0 spiro atoms. The predicted octanol–water partition coefficient (Wildman–Crippen LogP) is 2.97. The number of amides is 1. The van der Waals surface area contributed by atoms with E-state index in [4.69, 9.17) is 5.73 Å². The number of nitrogens with one attached hydrogen (secondary N) is 1. The molecule has 0 unspecified atom stereocenters. The molecule has 0 aliphatic carbocycles. The Morgan fingerprint density at radius 2 is 1.94 bits per heavy atom. The van der Waals surface area contributed by atoms with Gasteiger partial charge in [0, 0.05) is 11.4 Å². The number of carbonyl (C=O) groups excluding carboxylic acids is 1. The van der Waals surface area contributed by atoms with E-state index in [2.05, 4.69) is 5.32 Å². The number of hydrogen-bond acceptors (Lipinski definition) is 2. The van der Waals surface area contributed by atoms with Crippen molar-refractivity contribution >= 4 is 17.3 Å². The average molecular weight is 244 g/mol. The molecule has 2 aromatic rings. The fraction of sp³-hybridized carbons (Fsp3) is 0.0714. The van der Waals surface area contributed by atoms with E-state index in [0.29, 0.717) is 11.4 Å². The number of carbonyl (C=O) groups is 1. The zero-order valence-electron chi connectivity index (χ0n) is 9.91. The van der Waals surface area contributed by atoms with Crippen LogP contribution >= 0.6 is 0 Å². The smallest absolute Gasteiger partial charge is 0.258 e. The van der Waals surface area contributed by atoms with Gasteiger partial charge in [0.05, 0.1) is 5.56 Å². The molecule has 2 aromatic carbocycles. The van der Waals surface area contributed by atoms with Crippen LogP contribution in [0.25, 0.3) is 0 Å². The molecule has 0 heterocycles. The van der Waals surface area contributed by atoms with Gasteiger partial charge in [-0.05, 0) is 42.8 Å². The van der Waals surface area contributed by atoms with Crippen molar-refractivity contribution in [3.8, 4) is 0 Å². The van der Waals surface area contributed by atoms with Crippen molar-refractivity contribution in [2.75, 3.05) is 11.1 Å². The van der Waals surface area contributed by atoms with Gasteiger partial charge in [-0.15, -0.1) is 0 Å². The summed E-state index contributed by atoms with van der Waals surface area (Å²) < 4.78 is 13.4. The molecule has 0 bridgehead atoms. The summed E-state index contributed by atoms with van der Waals surface area (Å²) in [5.74, 6) is -1.01. The van der Waals surface area contributed by atoms with E-state index >= 15 is 0 Å². The maximum Gasteiger partial charge on any atom is 0.258 e. The van der Waals surface area contributed by atoms with E-state index in [-0.39, 0.29) is 5.56 Å². The van der Waals surface area contributed by atoms with E-state index in [9.17, 15) is 9.18 Å². The van der Waals surface area contributed by atoms with Gasteiger partial charge < -0.3 is 11.1 Å². The molecule has 0 saturated heterocycles. The van der Waals surface area contributed by atoms with Gasteiger partial charge in [0.15, 0.2) is 0 Å². The van der Waals surface area contributed by atoms with Crippen molar-refractivity contribution in [3.05, 3.63) is 59.4 Å². The van der Waals surface area contributed by atoms with E-state index in [1.165, 1.54) is 12.1 Å². The van der Waals surface area contributed by atoms with Gasteiger partial charge in [-0.1, -0.05) is 12.1 Å². The second kappa shape index (κ2) is 4.87. The molecule has 3 N–H and O–H groups in total. The van der Waals surface area contributed by atoms with Crippen molar-refractivity contribution in [1.29, 1.82) is 0 Å². The Balaban J connectivity index is 2.24. The van der Waals surface area contributed by atoms with E-state index < -0.39 is 11.7 Å². The van der Waals surface area contributed by atoms with Crippen LogP contribution in [0.3, 0.4) is 0 Å². The summed E-state index contributed by atoms with van der Waals surface area (Å²) >= 11 is 0. The van der Waals surface area contributed by atoms with Crippen molar-refractivity contribution in [3.63, 3.8) is 0 Å². The summed E-state index contributed by atoms with van der Waals surface area (Å²) in [6.45, 7) is 1.83. The van der Waals surface area contributed by atoms with Gasteiger partial charge >= 0.3 is 0 Å². The first-order valence-electron chi connectivity index (χ1n) is 5.50. The molecule has 0 atom stereocenters. The highest BCUT2D eigenvalue weighted by molar-refractivity contribution is 6.04. The Kier molecular flexibility index (Phi) is 3.28. The Morgan fingerprint density at radius 3 is 2.61 bits per heavy atom. The Morgan fingerprint density at radius 1 is 1.22 bits per heavy atom. The van der Waals surface area contributed by atoms with Crippen LogP contribution in [0.2, 0.25) is 0 Å². The van der Waals surface area contributed by atoms with Crippen molar-refractivity contribution in [2.45, 2.75) is 6.92 Å². The maximum atomic E-state index is 13.4. The number of benzene rings is 2. The third kappa shape index (κ3) is 2.48. The maximum absolute atomic E-state index is 13.4. The Bertz CT molecular complexity index is 596. The summed E-state index contributed by atoms with van der Waals surface area (Å²) in [6.07, 6.45) is 0. The van der Waals surface area contributed by atoms with Gasteiger partial charge in [0.1, 0.15) is 5.82 Å². The van der Waals surface area contributed by atoms with Crippen LogP contribution in [0.5, 0.6) is 0 Å².